The summed E-state index contributed by atoms with van der Waals surface area (Å²) in [6.45, 7) is 0. The molecule has 0 radical (unpaired) electrons. The lowest BCUT2D eigenvalue weighted by atomic mass is 9.92. The van der Waals surface area contributed by atoms with E-state index in [9.17, 15) is 0 Å². The minimum Gasteiger partial charge on any atom is -0.455 e. The van der Waals surface area contributed by atoms with Crippen LogP contribution in [0.2, 0.25) is 0 Å². The largest absolute Gasteiger partial charge is 0.455 e. The summed E-state index contributed by atoms with van der Waals surface area (Å²) in [6.07, 6.45) is 0. The molecule has 0 aliphatic carbocycles. The molecule has 0 fully saturated rings. The molecule has 10 aromatic rings. The third kappa shape index (κ3) is 4.49. The number of benzene rings is 8. The average Bonchev–Trinajstić information content (AvgIpc) is 3.57. The van der Waals surface area contributed by atoms with E-state index < -0.39 is 0 Å². The fourth-order valence-corrected chi connectivity index (χ4v) is 7.20. The van der Waals surface area contributed by atoms with Crippen molar-refractivity contribution in [3.05, 3.63) is 164 Å². The first-order valence-corrected chi connectivity index (χ1v) is 16.4. The summed E-state index contributed by atoms with van der Waals surface area (Å²) in [7, 11) is 0. The maximum Gasteiger partial charge on any atom is 0.164 e. The summed E-state index contributed by atoms with van der Waals surface area (Å²) in [5, 5.41) is 9.16. The number of hydrogen-bond donors (Lipinski definition) is 0. The fraction of sp³-hybridized carbons (Fsp3) is 0. The van der Waals surface area contributed by atoms with Gasteiger partial charge in [0.15, 0.2) is 17.5 Å². The molecule has 0 aliphatic rings. The van der Waals surface area contributed by atoms with Crippen molar-refractivity contribution in [3.8, 4) is 45.3 Å². The zero-order chi connectivity index (χ0) is 32.3. The standard InChI is InChI=1S/C45H27N3O/c1-3-13-30(14-4-1)43-46-44(31-15-5-2-6-16-31)48-45(47-43)33-26-32-17-8-9-18-34(32)38(27-33)36-20-11-21-39-41(36)37-25-24-29-23-22-28-12-7-10-19-35(28)40(29)42(37)49-39/h1-27H. The van der Waals surface area contributed by atoms with Crippen LogP contribution in [-0.4, -0.2) is 15.0 Å². The Morgan fingerprint density at radius 3 is 1.67 bits per heavy atom. The molecule has 0 atom stereocenters. The average molecular weight is 626 g/mol. The zero-order valence-corrected chi connectivity index (χ0v) is 26.3. The topological polar surface area (TPSA) is 51.8 Å². The molecular formula is C45H27N3O. The van der Waals surface area contributed by atoms with Gasteiger partial charge >= 0.3 is 0 Å². The van der Waals surface area contributed by atoms with E-state index in [0.717, 1.165) is 71.3 Å². The van der Waals surface area contributed by atoms with Gasteiger partial charge in [-0.05, 0) is 62.3 Å². The summed E-state index contributed by atoms with van der Waals surface area (Å²) < 4.78 is 6.76. The molecule has 0 saturated heterocycles. The molecule has 2 heterocycles. The number of aromatic nitrogens is 3. The van der Waals surface area contributed by atoms with Gasteiger partial charge in [0.25, 0.3) is 0 Å². The summed E-state index contributed by atoms with van der Waals surface area (Å²) in [4.78, 5) is 15.1. The monoisotopic (exact) mass is 625 g/mol. The van der Waals surface area contributed by atoms with E-state index >= 15 is 0 Å². The van der Waals surface area contributed by atoms with Gasteiger partial charge in [-0.25, -0.2) is 15.0 Å². The number of fused-ring (bicyclic) bond motifs is 8. The van der Waals surface area contributed by atoms with Gasteiger partial charge in [0.05, 0.1) is 0 Å². The van der Waals surface area contributed by atoms with Crippen molar-refractivity contribution in [3.63, 3.8) is 0 Å². The van der Waals surface area contributed by atoms with E-state index in [-0.39, 0.29) is 0 Å². The first-order valence-electron chi connectivity index (χ1n) is 16.4. The Morgan fingerprint density at radius 1 is 0.347 bits per heavy atom. The molecule has 10 rings (SSSR count). The lowest BCUT2D eigenvalue weighted by Crippen LogP contribution is -2.00. The van der Waals surface area contributed by atoms with Crippen LogP contribution in [0.4, 0.5) is 0 Å². The molecule has 2 aromatic heterocycles. The molecule has 228 valence electrons. The highest BCUT2D eigenvalue weighted by atomic mass is 16.3. The summed E-state index contributed by atoms with van der Waals surface area (Å²) >= 11 is 0. The van der Waals surface area contributed by atoms with Gasteiger partial charge in [-0.3, -0.25) is 0 Å². The van der Waals surface area contributed by atoms with E-state index in [1.165, 1.54) is 10.8 Å². The normalized spacial score (nSPS) is 11.7. The van der Waals surface area contributed by atoms with Crippen LogP contribution in [0.3, 0.4) is 0 Å². The predicted octanol–water partition coefficient (Wildman–Crippen LogP) is 11.9. The number of furan rings is 1. The van der Waals surface area contributed by atoms with Crippen LogP contribution in [0.25, 0.3) is 99.5 Å². The lowest BCUT2D eigenvalue weighted by molar-refractivity contribution is 0.673. The third-order valence-corrected chi connectivity index (χ3v) is 9.48. The molecule has 0 saturated carbocycles. The van der Waals surface area contributed by atoms with Crippen molar-refractivity contribution < 1.29 is 4.42 Å². The first-order chi connectivity index (χ1) is 24.3. The molecule has 4 heteroatoms. The maximum absolute atomic E-state index is 6.76. The highest BCUT2D eigenvalue weighted by Crippen LogP contribution is 2.44. The highest BCUT2D eigenvalue weighted by Gasteiger charge is 2.19. The van der Waals surface area contributed by atoms with Gasteiger partial charge in [0.1, 0.15) is 11.2 Å². The minimum atomic E-state index is 0.626. The second kappa shape index (κ2) is 11.0. The van der Waals surface area contributed by atoms with Crippen molar-refractivity contribution >= 4 is 54.3 Å². The van der Waals surface area contributed by atoms with Crippen LogP contribution in [0, 0.1) is 0 Å². The third-order valence-electron chi connectivity index (χ3n) is 9.48. The van der Waals surface area contributed by atoms with E-state index in [1.807, 2.05) is 60.7 Å². The van der Waals surface area contributed by atoms with E-state index in [2.05, 4.69) is 103 Å². The van der Waals surface area contributed by atoms with E-state index in [1.54, 1.807) is 0 Å². The molecule has 0 bridgehead atoms. The quantitative estimate of drug-likeness (QED) is 0.183. The van der Waals surface area contributed by atoms with Crippen molar-refractivity contribution in [2.75, 3.05) is 0 Å². The van der Waals surface area contributed by atoms with Gasteiger partial charge in [-0.1, -0.05) is 140 Å². The second-order valence-corrected chi connectivity index (χ2v) is 12.4. The smallest absolute Gasteiger partial charge is 0.164 e. The summed E-state index contributed by atoms with van der Waals surface area (Å²) in [6, 6.07) is 56.8. The molecule has 0 spiro atoms. The number of nitrogens with zero attached hydrogens (tertiary/aromatic N) is 3. The Bertz CT molecular complexity index is 2820. The van der Waals surface area contributed by atoms with Crippen LogP contribution in [0.15, 0.2) is 168 Å². The second-order valence-electron chi connectivity index (χ2n) is 12.4. The van der Waals surface area contributed by atoms with Crippen LogP contribution in [0.1, 0.15) is 0 Å². The number of rotatable bonds is 4. The van der Waals surface area contributed by atoms with Crippen LogP contribution >= 0.6 is 0 Å². The molecule has 0 amide bonds. The van der Waals surface area contributed by atoms with Gasteiger partial charge < -0.3 is 4.42 Å². The molecule has 0 aliphatic heterocycles. The molecule has 0 unspecified atom stereocenters. The number of hydrogen-bond acceptors (Lipinski definition) is 4. The van der Waals surface area contributed by atoms with Crippen molar-refractivity contribution in [1.82, 2.24) is 15.0 Å². The summed E-state index contributed by atoms with van der Waals surface area (Å²) in [5.74, 6) is 1.91. The maximum atomic E-state index is 6.76. The Kier molecular flexibility index (Phi) is 6.15. The van der Waals surface area contributed by atoms with Crippen LogP contribution in [0.5, 0.6) is 0 Å². The molecular weight excluding hydrogens is 599 g/mol. The Morgan fingerprint density at radius 2 is 0.939 bits per heavy atom. The van der Waals surface area contributed by atoms with Gasteiger partial charge in [-0.2, -0.15) is 0 Å². The van der Waals surface area contributed by atoms with Crippen LogP contribution < -0.4 is 0 Å². The first kappa shape index (κ1) is 27.5. The van der Waals surface area contributed by atoms with Gasteiger partial charge in [0, 0.05) is 32.8 Å². The molecule has 0 N–H and O–H groups in total. The fourth-order valence-electron chi connectivity index (χ4n) is 7.20. The Balaban J connectivity index is 1.25. The zero-order valence-electron chi connectivity index (χ0n) is 26.3. The summed E-state index contributed by atoms with van der Waals surface area (Å²) in [5.41, 5.74) is 6.79. The van der Waals surface area contributed by atoms with E-state index in [0.29, 0.717) is 17.5 Å². The Labute approximate surface area is 282 Å². The Hall–Kier alpha value is -6.65. The minimum absolute atomic E-state index is 0.626. The van der Waals surface area contributed by atoms with Gasteiger partial charge in [-0.15, -0.1) is 0 Å². The molecule has 8 aromatic carbocycles. The SMILES string of the molecule is c1ccc(-c2nc(-c3ccccc3)nc(-c3cc(-c4cccc5oc6c(ccc7ccc8ccccc8c76)c45)c4ccccc4c3)n2)cc1. The van der Waals surface area contributed by atoms with Crippen LogP contribution in [-0.2, 0) is 0 Å². The van der Waals surface area contributed by atoms with Gasteiger partial charge in [0.2, 0.25) is 0 Å². The highest BCUT2D eigenvalue weighted by molar-refractivity contribution is 6.25. The van der Waals surface area contributed by atoms with Crippen molar-refractivity contribution in [2.24, 2.45) is 0 Å². The molecule has 49 heavy (non-hydrogen) atoms. The van der Waals surface area contributed by atoms with E-state index in [4.69, 9.17) is 19.4 Å². The lowest BCUT2D eigenvalue weighted by Gasteiger charge is -2.13. The predicted molar refractivity (Wildman–Crippen MR) is 201 cm³/mol. The molecule has 4 nitrogen and oxygen atoms in total. The van der Waals surface area contributed by atoms with Crippen molar-refractivity contribution in [2.45, 2.75) is 0 Å². The van der Waals surface area contributed by atoms with Crippen molar-refractivity contribution in [1.29, 1.82) is 0 Å².